The molecule has 2 N–H and O–H groups in total. The van der Waals surface area contributed by atoms with Gasteiger partial charge in [0, 0.05) is 12.6 Å². The molecule has 26 heavy (non-hydrogen) atoms. The molecular formula is C18H19N3O4S. The topological polar surface area (TPSA) is 81.2 Å². The summed E-state index contributed by atoms with van der Waals surface area (Å²) in [5.74, 6) is 1.13. The van der Waals surface area contributed by atoms with Gasteiger partial charge in [-0.2, -0.15) is 5.10 Å². The minimum atomic E-state index is -0.415. The van der Waals surface area contributed by atoms with Crippen LogP contribution in [-0.4, -0.2) is 31.5 Å². The predicted octanol–water partition coefficient (Wildman–Crippen LogP) is 2.95. The molecule has 0 saturated carbocycles. The van der Waals surface area contributed by atoms with Gasteiger partial charge in [-0.25, -0.2) is 0 Å². The number of hydrogen-bond donors (Lipinski definition) is 2. The van der Waals surface area contributed by atoms with Crippen molar-refractivity contribution in [3.63, 3.8) is 0 Å². The van der Waals surface area contributed by atoms with E-state index in [0.717, 1.165) is 17.0 Å². The van der Waals surface area contributed by atoms with Crippen LogP contribution in [0, 0.1) is 0 Å². The first-order chi connectivity index (χ1) is 12.5. The Hall–Kier alpha value is -3.13. The van der Waals surface area contributed by atoms with Crippen LogP contribution in [0.3, 0.4) is 0 Å². The summed E-state index contributed by atoms with van der Waals surface area (Å²) in [6.45, 7) is 1.33. The van der Waals surface area contributed by atoms with Gasteiger partial charge in [-0.15, -0.1) is 0 Å². The highest BCUT2D eigenvalue weighted by molar-refractivity contribution is 7.80. The van der Waals surface area contributed by atoms with E-state index in [0.29, 0.717) is 16.6 Å². The summed E-state index contributed by atoms with van der Waals surface area (Å²) in [4.78, 5) is 11.1. The van der Waals surface area contributed by atoms with Gasteiger partial charge in [0.1, 0.15) is 5.75 Å². The molecule has 0 amide bonds. The van der Waals surface area contributed by atoms with E-state index in [1.165, 1.54) is 14.0 Å². The Morgan fingerprint density at radius 1 is 1.08 bits per heavy atom. The molecule has 0 bridgehead atoms. The molecule has 0 aliphatic heterocycles. The van der Waals surface area contributed by atoms with Crippen molar-refractivity contribution in [3.05, 3.63) is 48.0 Å². The molecule has 0 aliphatic carbocycles. The molecule has 0 fully saturated rings. The highest BCUT2D eigenvalue weighted by atomic mass is 32.1. The van der Waals surface area contributed by atoms with Crippen LogP contribution in [0.25, 0.3) is 0 Å². The van der Waals surface area contributed by atoms with E-state index in [9.17, 15) is 4.79 Å². The number of benzene rings is 2. The Kier molecular flexibility index (Phi) is 6.92. The molecule has 2 aromatic rings. The lowest BCUT2D eigenvalue weighted by atomic mass is 10.2. The number of hydrogen-bond acceptors (Lipinski definition) is 6. The largest absolute Gasteiger partial charge is 0.497 e. The first kappa shape index (κ1) is 19.2. The number of carbonyl (C=O) groups is 1. The summed E-state index contributed by atoms with van der Waals surface area (Å²) < 4.78 is 15.4. The fourth-order valence-electron chi connectivity index (χ4n) is 2.00. The molecule has 0 spiro atoms. The monoisotopic (exact) mass is 373 g/mol. The number of methoxy groups -OCH3 is 2. The first-order valence-corrected chi connectivity index (χ1v) is 8.03. The number of nitrogens with one attached hydrogen (secondary N) is 2. The fourth-order valence-corrected chi connectivity index (χ4v) is 2.17. The second kappa shape index (κ2) is 9.38. The van der Waals surface area contributed by atoms with E-state index in [1.807, 2.05) is 24.3 Å². The van der Waals surface area contributed by atoms with Crippen molar-refractivity contribution < 1.29 is 19.0 Å². The zero-order valence-corrected chi connectivity index (χ0v) is 15.4. The van der Waals surface area contributed by atoms with Crippen molar-refractivity contribution in [3.8, 4) is 17.2 Å². The van der Waals surface area contributed by atoms with Crippen molar-refractivity contribution in [1.29, 1.82) is 0 Å². The lowest BCUT2D eigenvalue weighted by Crippen LogP contribution is -2.23. The summed E-state index contributed by atoms with van der Waals surface area (Å²) in [6, 6.07) is 12.4. The fraction of sp³-hybridized carbons (Fsp3) is 0.167. The van der Waals surface area contributed by atoms with Crippen LogP contribution in [0.15, 0.2) is 47.6 Å². The van der Waals surface area contributed by atoms with Crippen LogP contribution in [0.2, 0.25) is 0 Å². The smallest absolute Gasteiger partial charge is 0.308 e. The highest BCUT2D eigenvalue weighted by Crippen LogP contribution is 2.27. The van der Waals surface area contributed by atoms with Gasteiger partial charge in [0.05, 0.1) is 20.4 Å². The molecule has 0 heterocycles. The van der Waals surface area contributed by atoms with Gasteiger partial charge in [-0.1, -0.05) is 0 Å². The second-order valence-electron chi connectivity index (χ2n) is 5.06. The lowest BCUT2D eigenvalue weighted by Gasteiger charge is -2.09. The Bertz CT molecular complexity index is 807. The van der Waals surface area contributed by atoms with Crippen LogP contribution in [0.5, 0.6) is 17.2 Å². The third-order valence-corrected chi connectivity index (χ3v) is 3.36. The number of ether oxygens (including phenoxy) is 3. The van der Waals surface area contributed by atoms with Crippen LogP contribution in [0.4, 0.5) is 5.69 Å². The molecule has 0 saturated heterocycles. The zero-order valence-electron chi connectivity index (χ0n) is 14.6. The maximum Gasteiger partial charge on any atom is 0.308 e. The third kappa shape index (κ3) is 5.75. The number of nitrogens with zero attached hydrogens (tertiary/aromatic N) is 1. The average molecular weight is 373 g/mol. The molecular weight excluding hydrogens is 354 g/mol. The normalized spacial score (nSPS) is 10.3. The van der Waals surface area contributed by atoms with Crippen molar-refractivity contribution >= 4 is 35.2 Å². The van der Waals surface area contributed by atoms with Crippen molar-refractivity contribution in [1.82, 2.24) is 5.43 Å². The standard InChI is InChI=1S/C18H19N3O4S/c1-12(22)25-16-9-4-13(10-17(16)24-3)11-19-21-18(26)20-14-5-7-15(23-2)8-6-14/h4-11H,1-3H3,(H2,20,21,26)/b19-11-. The number of carbonyl (C=O) groups excluding carboxylic acids is 1. The lowest BCUT2D eigenvalue weighted by molar-refractivity contribution is -0.132. The first-order valence-electron chi connectivity index (χ1n) is 7.62. The maximum atomic E-state index is 11.1. The van der Waals surface area contributed by atoms with Crippen molar-refractivity contribution in [2.45, 2.75) is 6.92 Å². The van der Waals surface area contributed by atoms with Gasteiger partial charge in [0.25, 0.3) is 0 Å². The summed E-state index contributed by atoms with van der Waals surface area (Å²) in [5, 5.41) is 7.41. The molecule has 2 rings (SSSR count). The molecule has 0 atom stereocenters. The number of anilines is 1. The summed E-state index contributed by atoms with van der Waals surface area (Å²) in [5.41, 5.74) is 4.28. The minimum Gasteiger partial charge on any atom is -0.497 e. The van der Waals surface area contributed by atoms with Crippen LogP contribution in [0.1, 0.15) is 12.5 Å². The molecule has 0 aliphatic rings. The second-order valence-corrected chi connectivity index (χ2v) is 5.46. The highest BCUT2D eigenvalue weighted by Gasteiger charge is 2.07. The predicted molar refractivity (Wildman–Crippen MR) is 104 cm³/mol. The minimum absolute atomic E-state index is 0.343. The van der Waals surface area contributed by atoms with Gasteiger partial charge in [0.2, 0.25) is 0 Å². The molecule has 0 unspecified atom stereocenters. The quantitative estimate of drug-likeness (QED) is 0.265. The Labute approximate surface area is 157 Å². The molecule has 7 nitrogen and oxygen atoms in total. The summed E-state index contributed by atoms with van der Waals surface area (Å²) in [6.07, 6.45) is 1.57. The Balaban J connectivity index is 1.94. The van der Waals surface area contributed by atoms with E-state index < -0.39 is 5.97 Å². The number of rotatable bonds is 6. The molecule has 0 aromatic heterocycles. The van der Waals surface area contributed by atoms with Gasteiger partial charge in [0.15, 0.2) is 16.6 Å². The van der Waals surface area contributed by atoms with E-state index in [2.05, 4.69) is 15.8 Å². The van der Waals surface area contributed by atoms with Gasteiger partial charge in [-0.05, 0) is 60.2 Å². The SMILES string of the molecule is COc1ccc(NC(=S)N/N=C\c2ccc(OC(C)=O)c(OC)c2)cc1. The van der Waals surface area contributed by atoms with E-state index >= 15 is 0 Å². The van der Waals surface area contributed by atoms with Crippen LogP contribution < -0.4 is 25.0 Å². The molecule has 0 radical (unpaired) electrons. The Morgan fingerprint density at radius 3 is 2.42 bits per heavy atom. The van der Waals surface area contributed by atoms with Crippen LogP contribution in [-0.2, 0) is 4.79 Å². The number of esters is 1. The summed E-state index contributed by atoms with van der Waals surface area (Å²) >= 11 is 5.18. The van der Waals surface area contributed by atoms with Gasteiger partial charge in [-0.3, -0.25) is 10.2 Å². The molecule has 8 heteroatoms. The molecule has 136 valence electrons. The Morgan fingerprint density at radius 2 is 1.81 bits per heavy atom. The molecule has 2 aromatic carbocycles. The van der Waals surface area contributed by atoms with Gasteiger partial charge >= 0.3 is 5.97 Å². The van der Waals surface area contributed by atoms with Crippen molar-refractivity contribution in [2.24, 2.45) is 5.10 Å². The third-order valence-electron chi connectivity index (χ3n) is 3.17. The zero-order chi connectivity index (χ0) is 18.9. The van der Waals surface area contributed by atoms with E-state index in [4.69, 9.17) is 26.4 Å². The van der Waals surface area contributed by atoms with E-state index in [-0.39, 0.29) is 0 Å². The number of thiocarbonyl (C=S) groups is 1. The van der Waals surface area contributed by atoms with Gasteiger partial charge < -0.3 is 19.5 Å². The van der Waals surface area contributed by atoms with E-state index in [1.54, 1.807) is 31.5 Å². The maximum absolute atomic E-state index is 11.1. The summed E-state index contributed by atoms with van der Waals surface area (Å²) in [7, 11) is 3.10. The van der Waals surface area contributed by atoms with Crippen LogP contribution >= 0.6 is 12.2 Å². The average Bonchev–Trinajstić information content (AvgIpc) is 2.63. The van der Waals surface area contributed by atoms with Crippen molar-refractivity contribution in [2.75, 3.05) is 19.5 Å². The number of hydrazone groups is 1.